The zero-order valence-corrected chi connectivity index (χ0v) is 13.1. The van der Waals surface area contributed by atoms with Crippen molar-refractivity contribution in [2.75, 3.05) is 6.61 Å². The number of benzene rings is 1. The lowest BCUT2D eigenvalue weighted by molar-refractivity contribution is -0.334. The molecule has 0 radical (unpaired) electrons. The van der Waals surface area contributed by atoms with Crippen LogP contribution in [0, 0.1) is 0 Å². The highest BCUT2D eigenvalue weighted by Crippen LogP contribution is 2.41. The molecular weight excluding hydrogens is 308 g/mol. The zero-order chi connectivity index (χ0) is 15.7. The van der Waals surface area contributed by atoms with Gasteiger partial charge in [0.1, 0.15) is 24.9 Å². The molecule has 2 heterocycles. The number of halogens is 1. The molecule has 1 aromatic rings. The van der Waals surface area contributed by atoms with Crippen LogP contribution < -0.4 is 0 Å². The summed E-state index contributed by atoms with van der Waals surface area (Å²) in [4.78, 5) is 12.2. The Morgan fingerprint density at radius 2 is 2.27 bits per heavy atom. The van der Waals surface area contributed by atoms with Gasteiger partial charge in [0.15, 0.2) is 5.78 Å². The van der Waals surface area contributed by atoms with Crippen molar-refractivity contribution in [1.29, 1.82) is 0 Å². The molecular formula is C16H19ClO5. The van der Waals surface area contributed by atoms with Crippen LogP contribution in [0.25, 0.3) is 0 Å². The number of hydrogen-bond donors (Lipinski definition) is 1. The first-order valence-corrected chi connectivity index (χ1v) is 7.82. The van der Waals surface area contributed by atoms with E-state index in [0.717, 1.165) is 12.0 Å². The van der Waals surface area contributed by atoms with Crippen molar-refractivity contribution < 1.29 is 24.1 Å². The van der Waals surface area contributed by atoms with E-state index in [0.29, 0.717) is 11.4 Å². The second kappa shape index (κ2) is 6.26. The largest absolute Gasteiger partial charge is 0.367 e. The van der Waals surface area contributed by atoms with E-state index in [1.807, 2.05) is 25.1 Å². The number of ether oxygens (including phenoxy) is 3. The van der Waals surface area contributed by atoms with Crippen LogP contribution in [-0.2, 0) is 25.6 Å². The minimum absolute atomic E-state index is 0.0690. The molecule has 0 saturated carbocycles. The molecule has 2 aliphatic heterocycles. The van der Waals surface area contributed by atoms with Gasteiger partial charge in [0.25, 0.3) is 0 Å². The van der Waals surface area contributed by atoms with Crippen LogP contribution in [0.5, 0.6) is 0 Å². The molecule has 0 amide bonds. The summed E-state index contributed by atoms with van der Waals surface area (Å²) < 4.78 is 16.7. The number of carbonyl (C=O) groups is 1. The maximum absolute atomic E-state index is 12.2. The fraction of sp³-hybridized carbons (Fsp3) is 0.562. The van der Waals surface area contributed by atoms with Crippen LogP contribution in [-0.4, -0.2) is 41.6 Å². The number of ketones is 1. The summed E-state index contributed by atoms with van der Waals surface area (Å²) in [5.74, 6) is -1.47. The van der Waals surface area contributed by atoms with E-state index in [9.17, 15) is 9.90 Å². The van der Waals surface area contributed by atoms with Crippen LogP contribution in [0.1, 0.15) is 25.3 Å². The van der Waals surface area contributed by atoms with Gasteiger partial charge >= 0.3 is 0 Å². The molecule has 1 aromatic carbocycles. The molecule has 22 heavy (non-hydrogen) atoms. The number of carbonyl (C=O) groups excluding carboxylic acids is 1. The van der Waals surface area contributed by atoms with Crippen molar-refractivity contribution in [2.24, 2.45) is 0 Å². The highest BCUT2D eigenvalue weighted by molar-refractivity contribution is 6.31. The van der Waals surface area contributed by atoms with Crippen molar-refractivity contribution in [1.82, 2.24) is 0 Å². The molecule has 4 atom stereocenters. The standard InChI is InChI=1S/C16H19ClO5/c1-2-5-12(18)13-14(15-16(19,22-13)9-21-15)20-8-10-6-3-4-7-11(10)17/h3-4,6-7,13-15,19H,2,5,8-9H2,1H3/t13-,14+,15-,16+/m1/s1. The average molecular weight is 327 g/mol. The molecule has 0 unspecified atom stereocenters. The van der Waals surface area contributed by atoms with Gasteiger partial charge in [-0.25, -0.2) is 0 Å². The maximum atomic E-state index is 12.2. The number of hydrogen-bond acceptors (Lipinski definition) is 5. The third-order valence-corrected chi connectivity index (χ3v) is 4.41. The Kier molecular flexibility index (Phi) is 4.52. The molecule has 120 valence electrons. The van der Waals surface area contributed by atoms with Crippen LogP contribution in [0.15, 0.2) is 24.3 Å². The second-order valence-corrected chi connectivity index (χ2v) is 6.11. The van der Waals surface area contributed by atoms with Gasteiger partial charge in [-0.1, -0.05) is 36.7 Å². The van der Waals surface area contributed by atoms with Gasteiger partial charge in [0, 0.05) is 11.4 Å². The van der Waals surface area contributed by atoms with Crippen LogP contribution in [0.4, 0.5) is 0 Å². The van der Waals surface area contributed by atoms with Gasteiger partial charge in [-0.2, -0.15) is 0 Å². The Hall–Kier alpha value is -0.980. The van der Waals surface area contributed by atoms with Crippen molar-refractivity contribution in [2.45, 2.75) is 50.5 Å². The lowest BCUT2D eigenvalue weighted by Crippen LogP contribution is -2.59. The van der Waals surface area contributed by atoms with Gasteiger partial charge < -0.3 is 19.3 Å². The van der Waals surface area contributed by atoms with E-state index in [1.165, 1.54) is 0 Å². The average Bonchev–Trinajstić information content (AvgIpc) is 2.67. The summed E-state index contributed by atoms with van der Waals surface area (Å²) in [5, 5.41) is 10.9. The SMILES string of the molecule is CCCC(=O)[C@H]1O[C@@]2(O)CO[C@@H]2[C@H]1OCc1ccccc1Cl. The van der Waals surface area contributed by atoms with Crippen LogP contribution in [0.3, 0.4) is 0 Å². The summed E-state index contributed by atoms with van der Waals surface area (Å²) in [7, 11) is 0. The van der Waals surface area contributed by atoms with E-state index in [-0.39, 0.29) is 19.0 Å². The van der Waals surface area contributed by atoms with Gasteiger partial charge in [0.05, 0.1) is 6.61 Å². The second-order valence-electron chi connectivity index (χ2n) is 5.70. The van der Waals surface area contributed by atoms with E-state index in [2.05, 4.69) is 0 Å². The molecule has 2 aliphatic rings. The molecule has 5 nitrogen and oxygen atoms in total. The predicted molar refractivity (Wildman–Crippen MR) is 79.5 cm³/mol. The van der Waals surface area contributed by atoms with E-state index >= 15 is 0 Å². The van der Waals surface area contributed by atoms with Crippen molar-refractivity contribution in [3.63, 3.8) is 0 Å². The topological polar surface area (TPSA) is 65.0 Å². The summed E-state index contributed by atoms with van der Waals surface area (Å²) in [6.45, 7) is 2.23. The van der Waals surface area contributed by atoms with Gasteiger partial charge in [-0.15, -0.1) is 0 Å². The van der Waals surface area contributed by atoms with Crippen LogP contribution >= 0.6 is 11.6 Å². The van der Waals surface area contributed by atoms with Crippen molar-refractivity contribution in [3.05, 3.63) is 34.9 Å². The lowest BCUT2D eigenvalue weighted by Gasteiger charge is -2.39. The van der Waals surface area contributed by atoms with Gasteiger partial charge in [-0.05, 0) is 18.1 Å². The first-order valence-electron chi connectivity index (χ1n) is 7.44. The summed E-state index contributed by atoms with van der Waals surface area (Å²) in [6, 6.07) is 7.34. The first-order chi connectivity index (χ1) is 10.5. The Bertz CT molecular complexity index is 563. The molecule has 1 N–H and O–H groups in total. The number of fused-ring (bicyclic) bond motifs is 1. The fourth-order valence-corrected chi connectivity index (χ4v) is 3.02. The minimum atomic E-state index is -1.40. The van der Waals surface area contributed by atoms with E-state index in [1.54, 1.807) is 6.07 Å². The molecule has 2 fully saturated rings. The fourth-order valence-electron chi connectivity index (χ4n) is 2.83. The molecule has 0 spiro atoms. The normalized spacial score (nSPS) is 33.3. The predicted octanol–water partition coefficient (Wildman–Crippen LogP) is 2.08. The van der Waals surface area contributed by atoms with E-state index < -0.39 is 24.1 Å². The molecule has 0 aromatic heterocycles. The summed E-state index contributed by atoms with van der Waals surface area (Å²) in [5.41, 5.74) is 0.820. The van der Waals surface area contributed by atoms with E-state index in [4.69, 9.17) is 25.8 Å². The maximum Gasteiger partial charge on any atom is 0.220 e. The lowest BCUT2D eigenvalue weighted by atomic mass is 9.97. The number of aliphatic hydroxyl groups is 1. The Balaban J connectivity index is 1.72. The monoisotopic (exact) mass is 326 g/mol. The number of Topliss-reactive ketones (excluding diaryl/α,β-unsaturated/α-hetero) is 1. The molecule has 6 heteroatoms. The number of rotatable bonds is 6. The van der Waals surface area contributed by atoms with Crippen molar-refractivity contribution in [3.8, 4) is 0 Å². The summed E-state index contributed by atoms with van der Waals surface area (Å²) in [6.07, 6.45) is -0.922. The summed E-state index contributed by atoms with van der Waals surface area (Å²) >= 11 is 6.11. The highest BCUT2D eigenvalue weighted by atomic mass is 35.5. The highest BCUT2D eigenvalue weighted by Gasteiger charge is 2.64. The van der Waals surface area contributed by atoms with Crippen molar-refractivity contribution >= 4 is 17.4 Å². The minimum Gasteiger partial charge on any atom is -0.367 e. The third-order valence-electron chi connectivity index (χ3n) is 4.04. The molecule has 0 aliphatic carbocycles. The Labute approximate surface area is 134 Å². The molecule has 2 saturated heterocycles. The third kappa shape index (κ3) is 2.79. The van der Waals surface area contributed by atoms with Gasteiger partial charge in [-0.3, -0.25) is 4.79 Å². The molecule has 3 rings (SSSR count). The first kappa shape index (κ1) is 15.9. The Morgan fingerprint density at radius 1 is 1.50 bits per heavy atom. The smallest absolute Gasteiger partial charge is 0.220 e. The van der Waals surface area contributed by atoms with Crippen LogP contribution in [0.2, 0.25) is 5.02 Å². The van der Waals surface area contributed by atoms with Gasteiger partial charge in [0.2, 0.25) is 5.79 Å². The Morgan fingerprint density at radius 3 is 2.91 bits per heavy atom. The quantitative estimate of drug-likeness (QED) is 0.867. The zero-order valence-electron chi connectivity index (χ0n) is 12.3. The molecule has 0 bridgehead atoms.